The Kier molecular flexibility index (Phi) is 5.66. The van der Waals surface area contributed by atoms with Gasteiger partial charge in [0.25, 0.3) is 0 Å². The molecule has 0 aromatic rings. The van der Waals surface area contributed by atoms with Crippen LogP contribution in [-0.4, -0.2) is 48.7 Å². The second kappa shape index (κ2) is 5.94. The number of likely N-dealkylation sites (N-methyl/N-ethyl adjacent to an activating group) is 1. The van der Waals surface area contributed by atoms with Gasteiger partial charge in [0.05, 0.1) is 12.1 Å². The van der Waals surface area contributed by atoms with Gasteiger partial charge in [-0.2, -0.15) is 0 Å². The molecule has 0 radical (unpaired) electrons. The molecule has 0 saturated carbocycles. The van der Waals surface area contributed by atoms with Crippen LogP contribution in [0.3, 0.4) is 0 Å². The van der Waals surface area contributed by atoms with Gasteiger partial charge in [-0.05, 0) is 13.3 Å². The normalized spacial score (nSPS) is 15.2. The van der Waals surface area contributed by atoms with Crippen LogP contribution in [0.4, 0.5) is 0 Å². The Morgan fingerprint density at radius 1 is 1.54 bits per heavy atom. The zero-order chi connectivity index (χ0) is 10.4. The zero-order valence-corrected chi connectivity index (χ0v) is 8.87. The molecular formula is C9H20N2O2. The second-order valence-electron chi connectivity index (χ2n) is 3.42. The molecule has 0 spiro atoms. The number of rotatable bonds is 5. The molecule has 4 nitrogen and oxygen atoms in total. The Morgan fingerprint density at radius 2 is 2.08 bits per heavy atom. The van der Waals surface area contributed by atoms with Crippen molar-refractivity contribution in [1.29, 1.82) is 0 Å². The molecule has 0 aliphatic heterocycles. The van der Waals surface area contributed by atoms with Gasteiger partial charge in [-0.3, -0.25) is 4.79 Å². The fourth-order valence-electron chi connectivity index (χ4n) is 0.932. The summed E-state index contributed by atoms with van der Waals surface area (Å²) >= 11 is 0. The molecular weight excluding hydrogens is 168 g/mol. The lowest BCUT2D eigenvalue weighted by atomic mass is 10.2. The summed E-state index contributed by atoms with van der Waals surface area (Å²) in [6.07, 6.45) is 0.341. The number of aliphatic hydroxyl groups is 1. The van der Waals surface area contributed by atoms with Crippen LogP contribution in [0.5, 0.6) is 0 Å². The monoisotopic (exact) mass is 188 g/mol. The third-order valence-corrected chi connectivity index (χ3v) is 1.94. The fourth-order valence-corrected chi connectivity index (χ4v) is 0.932. The van der Waals surface area contributed by atoms with E-state index >= 15 is 0 Å². The summed E-state index contributed by atoms with van der Waals surface area (Å²) in [6, 6.07) is -0.226. The summed E-state index contributed by atoms with van der Waals surface area (Å²) in [5.41, 5.74) is 0. The quantitative estimate of drug-likeness (QED) is 0.629. The number of carbonyl (C=O) groups is 1. The van der Waals surface area contributed by atoms with Crippen LogP contribution in [0.1, 0.15) is 20.3 Å². The van der Waals surface area contributed by atoms with Crippen molar-refractivity contribution in [3.63, 3.8) is 0 Å². The van der Waals surface area contributed by atoms with Gasteiger partial charge in [-0.1, -0.05) is 6.92 Å². The van der Waals surface area contributed by atoms with Crippen LogP contribution in [-0.2, 0) is 4.79 Å². The van der Waals surface area contributed by atoms with Gasteiger partial charge >= 0.3 is 0 Å². The predicted octanol–water partition coefficient (Wildman–Crippen LogP) is -0.176. The topological polar surface area (TPSA) is 52.6 Å². The molecule has 13 heavy (non-hydrogen) atoms. The lowest BCUT2D eigenvalue weighted by molar-refractivity contribution is -0.130. The van der Waals surface area contributed by atoms with Gasteiger partial charge < -0.3 is 15.3 Å². The van der Waals surface area contributed by atoms with E-state index in [0.29, 0.717) is 13.0 Å². The number of hydrogen-bond donors (Lipinski definition) is 2. The molecule has 2 unspecified atom stereocenters. The fraction of sp³-hybridized carbons (Fsp3) is 0.889. The van der Waals surface area contributed by atoms with E-state index in [-0.39, 0.29) is 18.1 Å². The van der Waals surface area contributed by atoms with Gasteiger partial charge in [0, 0.05) is 20.6 Å². The molecule has 0 fully saturated rings. The minimum atomic E-state index is -0.364. The molecule has 0 aliphatic carbocycles. The van der Waals surface area contributed by atoms with E-state index in [9.17, 15) is 9.90 Å². The van der Waals surface area contributed by atoms with Crippen molar-refractivity contribution in [3.05, 3.63) is 0 Å². The van der Waals surface area contributed by atoms with E-state index in [1.165, 1.54) is 4.90 Å². The summed E-state index contributed by atoms with van der Waals surface area (Å²) in [4.78, 5) is 12.9. The molecule has 0 bridgehead atoms. The molecule has 0 rings (SSSR count). The van der Waals surface area contributed by atoms with Gasteiger partial charge in [0.15, 0.2) is 0 Å². The van der Waals surface area contributed by atoms with E-state index in [4.69, 9.17) is 0 Å². The molecule has 2 atom stereocenters. The van der Waals surface area contributed by atoms with Gasteiger partial charge in [0.2, 0.25) is 5.91 Å². The molecule has 0 aromatic heterocycles. The zero-order valence-electron chi connectivity index (χ0n) is 8.87. The summed E-state index contributed by atoms with van der Waals surface area (Å²) in [5.74, 6) is 0.0308. The molecule has 0 heterocycles. The van der Waals surface area contributed by atoms with E-state index in [1.54, 1.807) is 21.0 Å². The maximum atomic E-state index is 11.3. The van der Waals surface area contributed by atoms with E-state index in [1.807, 2.05) is 6.92 Å². The Balaban J connectivity index is 3.74. The highest BCUT2D eigenvalue weighted by Crippen LogP contribution is 1.91. The Labute approximate surface area is 79.9 Å². The largest absolute Gasteiger partial charge is 0.392 e. The SMILES string of the molecule is CCC(O)CNC(C)C(=O)N(C)C. The first-order chi connectivity index (χ1) is 5.99. The minimum absolute atomic E-state index is 0.0308. The first kappa shape index (κ1) is 12.4. The summed E-state index contributed by atoms with van der Waals surface area (Å²) < 4.78 is 0. The van der Waals surface area contributed by atoms with E-state index < -0.39 is 0 Å². The highest BCUT2D eigenvalue weighted by atomic mass is 16.3. The molecule has 2 N–H and O–H groups in total. The lowest BCUT2D eigenvalue weighted by Gasteiger charge is -2.19. The number of carbonyl (C=O) groups excluding carboxylic acids is 1. The van der Waals surface area contributed by atoms with E-state index in [0.717, 1.165) is 0 Å². The number of nitrogens with zero attached hydrogens (tertiary/aromatic N) is 1. The second-order valence-corrected chi connectivity index (χ2v) is 3.42. The summed E-state index contributed by atoms with van der Waals surface area (Å²) in [7, 11) is 3.44. The molecule has 0 aromatic carbocycles. The maximum Gasteiger partial charge on any atom is 0.238 e. The van der Waals surface area contributed by atoms with Gasteiger partial charge in [0.1, 0.15) is 0 Å². The molecule has 1 amide bonds. The number of amides is 1. The highest BCUT2D eigenvalue weighted by Gasteiger charge is 2.14. The third-order valence-electron chi connectivity index (χ3n) is 1.94. The van der Waals surface area contributed by atoms with Crippen molar-refractivity contribution in [3.8, 4) is 0 Å². The van der Waals surface area contributed by atoms with Crippen LogP contribution in [0.2, 0.25) is 0 Å². The first-order valence-corrected chi connectivity index (χ1v) is 4.61. The van der Waals surface area contributed by atoms with Gasteiger partial charge in [-0.25, -0.2) is 0 Å². The van der Waals surface area contributed by atoms with Crippen LogP contribution in [0, 0.1) is 0 Å². The lowest BCUT2D eigenvalue weighted by Crippen LogP contribution is -2.44. The Morgan fingerprint density at radius 3 is 2.46 bits per heavy atom. The smallest absolute Gasteiger partial charge is 0.238 e. The third kappa shape index (κ3) is 4.85. The number of nitrogens with one attached hydrogen (secondary N) is 1. The van der Waals surface area contributed by atoms with Crippen LogP contribution in [0.15, 0.2) is 0 Å². The Bertz CT molecular complexity index is 160. The maximum absolute atomic E-state index is 11.3. The van der Waals surface area contributed by atoms with Crippen molar-refractivity contribution in [1.82, 2.24) is 10.2 Å². The average molecular weight is 188 g/mol. The van der Waals surface area contributed by atoms with Crippen molar-refractivity contribution in [2.24, 2.45) is 0 Å². The van der Waals surface area contributed by atoms with Crippen LogP contribution in [0.25, 0.3) is 0 Å². The van der Waals surface area contributed by atoms with Crippen molar-refractivity contribution < 1.29 is 9.90 Å². The average Bonchev–Trinajstić information content (AvgIpc) is 2.11. The van der Waals surface area contributed by atoms with Crippen molar-refractivity contribution in [2.45, 2.75) is 32.4 Å². The Hall–Kier alpha value is -0.610. The number of aliphatic hydroxyl groups excluding tert-OH is 1. The van der Waals surface area contributed by atoms with Crippen molar-refractivity contribution >= 4 is 5.91 Å². The highest BCUT2D eigenvalue weighted by molar-refractivity contribution is 5.80. The van der Waals surface area contributed by atoms with E-state index in [2.05, 4.69) is 5.32 Å². The molecule has 4 heteroatoms. The molecule has 0 aliphatic rings. The predicted molar refractivity (Wildman–Crippen MR) is 52.5 cm³/mol. The summed E-state index contributed by atoms with van der Waals surface area (Å²) in [5, 5.41) is 12.2. The van der Waals surface area contributed by atoms with Crippen LogP contribution < -0.4 is 5.32 Å². The minimum Gasteiger partial charge on any atom is -0.392 e. The first-order valence-electron chi connectivity index (χ1n) is 4.61. The molecule has 0 saturated heterocycles. The summed E-state index contributed by atoms with van der Waals surface area (Å²) in [6.45, 7) is 4.17. The van der Waals surface area contributed by atoms with Gasteiger partial charge in [-0.15, -0.1) is 0 Å². The van der Waals surface area contributed by atoms with Crippen molar-refractivity contribution in [2.75, 3.05) is 20.6 Å². The molecule has 78 valence electrons. The standard InChI is InChI=1S/C9H20N2O2/c1-5-8(12)6-10-7(2)9(13)11(3)4/h7-8,10,12H,5-6H2,1-4H3. The number of hydrogen-bond acceptors (Lipinski definition) is 3. The van der Waals surface area contributed by atoms with Crippen LogP contribution >= 0.6 is 0 Å².